The van der Waals surface area contributed by atoms with E-state index in [1.54, 1.807) is 0 Å². The lowest BCUT2D eigenvalue weighted by Crippen LogP contribution is -2.29. The maximum absolute atomic E-state index is 11.2. The molecule has 1 heterocycles. The zero-order valence-electron chi connectivity index (χ0n) is 7.88. The predicted octanol–water partition coefficient (Wildman–Crippen LogP) is 0.682. The van der Waals surface area contributed by atoms with E-state index >= 15 is 0 Å². The number of hydrogen-bond donors (Lipinski definition) is 3. The van der Waals surface area contributed by atoms with Gasteiger partial charge >= 0.3 is 0 Å². The van der Waals surface area contributed by atoms with Gasteiger partial charge in [-0.2, -0.15) is 0 Å². The normalized spacial score (nSPS) is 12.5. The Balaban J connectivity index is 2.86. The second kappa shape index (κ2) is 5.11. The molecule has 6 heteroatoms. The van der Waals surface area contributed by atoms with Crippen LogP contribution in [-0.4, -0.2) is 22.6 Å². The zero-order chi connectivity index (χ0) is 10.6. The summed E-state index contributed by atoms with van der Waals surface area (Å²) in [5, 5.41) is 3.08. The number of nitrogens with zero attached hydrogens (tertiary/aromatic N) is 1. The first kappa shape index (κ1) is 11.2. The first-order valence-electron chi connectivity index (χ1n) is 4.38. The van der Waals surface area contributed by atoms with Gasteiger partial charge in [0.15, 0.2) is 0 Å². The SMILES string of the molecule is CCC(CN)Nc1nc[nH]c(=O)c1Br. The maximum atomic E-state index is 11.2. The fourth-order valence-electron chi connectivity index (χ4n) is 1.00. The number of aromatic amines is 1. The Morgan fingerprint density at radius 1 is 1.79 bits per heavy atom. The molecule has 14 heavy (non-hydrogen) atoms. The third kappa shape index (κ3) is 2.55. The van der Waals surface area contributed by atoms with Gasteiger partial charge in [-0.05, 0) is 22.4 Å². The minimum atomic E-state index is -0.200. The lowest BCUT2D eigenvalue weighted by molar-refractivity contribution is 0.698. The first-order chi connectivity index (χ1) is 6.69. The number of nitrogens with two attached hydrogens (primary N) is 1. The van der Waals surface area contributed by atoms with Crippen LogP contribution < -0.4 is 16.6 Å². The van der Waals surface area contributed by atoms with Crippen molar-refractivity contribution in [3.8, 4) is 0 Å². The number of rotatable bonds is 4. The van der Waals surface area contributed by atoms with Gasteiger partial charge in [0.25, 0.3) is 5.56 Å². The monoisotopic (exact) mass is 260 g/mol. The molecule has 1 unspecified atom stereocenters. The van der Waals surface area contributed by atoms with Crippen LogP contribution in [-0.2, 0) is 0 Å². The van der Waals surface area contributed by atoms with Gasteiger partial charge < -0.3 is 16.0 Å². The molecule has 1 rings (SSSR count). The number of hydrogen-bond acceptors (Lipinski definition) is 4. The average Bonchev–Trinajstić information content (AvgIpc) is 2.20. The third-order valence-corrected chi connectivity index (χ3v) is 2.65. The second-order valence-corrected chi connectivity index (χ2v) is 3.67. The molecule has 0 saturated heterocycles. The van der Waals surface area contributed by atoms with Gasteiger partial charge in [-0.15, -0.1) is 0 Å². The topological polar surface area (TPSA) is 83.8 Å². The van der Waals surface area contributed by atoms with E-state index in [1.807, 2.05) is 6.92 Å². The molecule has 78 valence electrons. The molecule has 1 aromatic rings. The Labute approximate surface area is 90.2 Å². The Morgan fingerprint density at radius 2 is 2.50 bits per heavy atom. The van der Waals surface area contributed by atoms with Gasteiger partial charge in [0.05, 0.1) is 6.33 Å². The van der Waals surface area contributed by atoms with E-state index in [2.05, 4.69) is 31.2 Å². The number of aromatic nitrogens is 2. The smallest absolute Gasteiger partial charge is 0.267 e. The van der Waals surface area contributed by atoms with E-state index in [0.29, 0.717) is 16.8 Å². The predicted molar refractivity (Wildman–Crippen MR) is 59.3 cm³/mol. The van der Waals surface area contributed by atoms with Gasteiger partial charge in [-0.1, -0.05) is 6.92 Å². The van der Waals surface area contributed by atoms with E-state index < -0.39 is 0 Å². The van der Waals surface area contributed by atoms with E-state index in [4.69, 9.17) is 5.73 Å². The minimum absolute atomic E-state index is 0.139. The molecule has 4 N–H and O–H groups in total. The van der Waals surface area contributed by atoms with Gasteiger partial charge in [-0.3, -0.25) is 4.79 Å². The second-order valence-electron chi connectivity index (χ2n) is 2.88. The fourth-order valence-corrected chi connectivity index (χ4v) is 1.34. The highest BCUT2D eigenvalue weighted by Crippen LogP contribution is 2.14. The van der Waals surface area contributed by atoms with Crippen LogP contribution in [0.15, 0.2) is 15.6 Å². The van der Waals surface area contributed by atoms with Crippen molar-refractivity contribution < 1.29 is 0 Å². The molecule has 0 aliphatic heterocycles. The third-order valence-electron chi connectivity index (χ3n) is 1.91. The number of nitrogens with one attached hydrogen (secondary N) is 2. The average molecular weight is 261 g/mol. The van der Waals surface area contributed by atoms with Gasteiger partial charge in [0, 0.05) is 12.6 Å². The molecule has 0 radical (unpaired) electrons. The summed E-state index contributed by atoms with van der Waals surface area (Å²) in [6, 6.07) is 0.139. The van der Waals surface area contributed by atoms with Crippen molar-refractivity contribution in [2.75, 3.05) is 11.9 Å². The fraction of sp³-hybridized carbons (Fsp3) is 0.500. The van der Waals surface area contributed by atoms with Crippen molar-refractivity contribution in [3.05, 3.63) is 21.2 Å². The van der Waals surface area contributed by atoms with Crippen molar-refractivity contribution in [1.29, 1.82) is 0 Å². The van der Waals surface area contributed by atoms with E-state index in [1.165, 1.54) is 6.33 Å². The van der Waals surface area contributed by atoms with E-state index in [9.17, 15) is 4.79 Å². The summed E-state index contributed by atoms with van der Waals surface area (Å²) in [6.07, 6.45) is 2.25. The van der Waals surface area contributed by atoms with Crippen LogP contribution in [0.25, 0.3) is 0 Å². The highest BCUT2D eigenvalue weighted by atomic mass is 79.9. The quantitative estimate of drug-likeness (QED) is 0.744. The lowest BCUT2D eigenvalue weighted by Gasteiger charge is -2.15. The molecule has 0 fully saturated rings. The molecule has 0 aromatic carbocycles. The van der Waals surface area contributed by atoms with Crippen LogP contribution in [0.4, 0.5) is 5.82 Å². The first-order valence-corrected chi connectivity index (χ1v) is 5.18. The number of anilines is 1. The standard InChI is InChI=1S/C8H13BrN4O/c1-2-5(3-10)13-7-6(9)8(14)12-4-11-7/h4-5H,2-3,10H2,1H3,(H2,11,12,13,14). The van der Waals surface area contributed by atoms with Crippen LogP contribution in [0.2, 0.25) is 0 Å². The molecule has 0 spiro atoms. The van der Waals surface area contributed by atoms with Crippen LogP contribution in [0, 0.1) is 0 Å². The van der Waals surface area contributed by atoms with Crippen molar-refractivity contribution in [2.45, 2.75) is 19.4 Å². The van der Waals surface area contributed by atoms with E-state index in [-0.39, 0.29) is 11.6 Å². The molecule has 1 aromatic heterocycles. The van der Waals surface area contributed by atoms with Gasteiger partial charge in [-0.25, -0.2) is 4.98 Å². The summed E-state index contributed by atoms with van der Waals surface area (Å²) < 4.78 is 0.409. The van der Waals surface area contributed by atoms with Crippen LogP contribution >= 0.6 is 15.9 Å². The summed E-state index contributed by atoms with van der Waals surface area (Å²) in [6.45, 7) is 2.53. The summed E-state index contributed by atoms with van der Waals surface area (Å²) >= 11 is 3.16. The van der Waals surface area contributed by atoms with Gasteiger partial charge in [0.1, 0.15) is 10.3 Å². The summed E-state index contributed by atoms with van der Waals surface area (Å²) in [7, 11) is 0. The van der Waals surface area contributed by atoms with Crippen molar-refractivity contribution in [1.82, 2.24) is 9.97 Å². The Bertz CT molecular complexity index is 347. The summed E-state index contributed by atoms with van der Waals surface area (Å²) in [5.41, 5.74) is 5.33. The molecule has 5 nitrogen and oxygen atoms in total. The van der Waals surface area contributed by atoms with Crippen LogP contribution in [0.3, 0.4) is 0 Å². The molecule has 0 amide bonds. The highest BCUT2D eigenvalue weighted by Gasteiger charge is 2.09. The van der Waals surface area contributed by atoms with E-state index in [0.717, 1.165) is 6.42 Å². The van der Waals surface area contributed by atoms with Crippen LogP contribution in [0.1, 0.15) is 13.3 Å². The van der Waals surface area contributed by atoms with Crippen molar-refractivity contribution in [2.24, 2.45) is 5.73 Å². The molecule has 1 atom stereocenters. The molecular weight excluding hydrogens is 248 g/mol. The van der Waals surface area contributed by atoms with Crippen molar-refractivity contribution >= 4 is 21.7 Å². The van der Waals surface area contributed by atoms with Gasteiger partial charge in [0.2, 0.25) is 0 Å². The molecular formula is C8H13BrN4O. The highest BCUT2D eigenvalue weighted by molar-refractivity contribution is 9.10. The zero-order valence-corrected chi connectivity index (χ0v) is 9.47. The van der Waals surface area contributed by atoms with Crippen LogP contribution in [0.5, 0.6) is 0 Å². The number of H-pyrrole nitrogens is 1. The Morgan fingerprint density at radius 3 is 3.07 bits per heavy atom. The molecule has 0 aliphatic carbocycles. The number of halogens is 1. The lowest BCUT2D eigenvalue weighted by atomic mass is 10.2. The largest absolute Gasteiger partial charge is 0.365 e. The summed E-state index contributed by atoms with van der Waals surface area (Å²) in [5.74, 6) is 0.533. The Kier molecular flexibility index (Phi) is 4.09. The molecule has 0 bridgehead atoms. The Hall–Kier alpha value is -0.880. The van der Waals surface area contributed by atoms with Crippen molar-refractivity contribution in [3.63, 3.8) is 0 Å². The molecule has 0 aliphatic rings. The molecule has 0 saturated carbocycles. The minimum Gasteiger partial charge on any atom is -0.365 e. The summed E-state index contributed by atoms with van der Waals surface area (Å²) in [4.78, 5) is 17.7. The maximum Gasteiger partial charge on any atom is 0.267 e.